The first-order chi connectivity index (χ1) is 7.71. The van der Waals surface area contributed by atoms with Gasteiger partial charge in [0, 0.05) is 11.5 Å². The molecule has 0 bridgehead atoms. The molecule has 1 aromatic carbocycles. The second kappa shape index (κ2) is 5.86. The van der Waals surface area contributed by atoms with Crippen molar-refractivity contribution in [2.45, 2.75) is 44.6 Å². The number of hydrogen-bond donors (Lipinski definition) is 1. The summed E-state index contributed by atoms with van der Waals surface area (Å²) >= 11 is 0. The van der Waals surface area contributed by atoms with E-state index in [9.17, 15) is 0 Å². The predicted octanol–water partition coefficient (Wildman–Crippen LogP) is 3.65. The van der Waals surface area contributed by atoms with Crippen LogP contribution in [0.25, 0.3) is 0 Å². The van der Waals surface area contributed by atoms with E-state index in [0.717, 1.165) is 19.3 Å². The molecule has 0 saturated carbocycles. The highest BCUT2D eigenvalue weighted by Gasteiger charge is 2.34. The van der Waals surface area contributed by atoms with Crippen LogP contribution in [0.3, 0.4) is 0 Å². The quantitative estimate of drug-likeness (QED) is 0.723. The fourth-order valence-electron chi connectivity index (χ4n) is 2.57. The van der Waals surface area contributed by atoms with Gasteiger partial charge in [-0.2, -0.15) is 0 Å². The monoisotopic (exact) mass is 217 g/mol. The molecule has 0 amide bonds. The first-order valence-electron chi connectivity index (χ1n) is 6.13. The molecular formula is C15H23N. The Kier molecular flexibility index (Phi) is 4.75. The van der Waals surface area contributed by atoms with Crippen molar-refractivity contribution in [3.8, 4) is 0 Å². The lowest BCUT2D eigenvalue weighted by Gasteiger charge is -2.38. The SMILES string of the molecule is C=CCC(N)C(CC)(CC)c1ccccc1. The Labute approximate surface area is 99.4 Å². The van der Waals surface area contributed by atoms with Crippen molar-refractivity contribution in [1.82, 2.24) is 0 Å². The fraction of sp³-hybridized carbons (Fsp3) is 0.467. The van der Waals surface area contributed by atoms with Crippen LogP contribution in [0.2, 0.25) is 0 Å². The predicted molar refractivity (Wildman–Crippen MR) is 71.5 cm³/mol. The van der Waals surface area contributed by atoms with Crippen molar-refractivity contribution in [2.75, 3.05) is 0 Å². The molecule has 1 unspecified atom stereocenters. The third-order valence-electron chi connectivity index (χ3n) is 3.74. The van der Waals surface area contributed by atoms with E-state index in [1.807, 2.05) is 6.08 Å². The van der Waals surface area contributed by atoms with Crippen LogP contribution in [-0.4, -0.2) is 6.04 Å². The van der Waals surface area contributed by atoms with Gasteiger partial charge in [-0.15, -0.1) is 6.58 Å². The minimum Gasteiger partial charge on any atom is -0.327 e. The molecule has 1 heteroatoms. The summed E-state index contributed by atoms with van der Waals surface area (Å²) in [6.07, 6.45) is 4.94. The van der Waals surface area contributed by atoms with Crippen molar-refractivity contribution < 1.29 is 0 Å². The minimum absolute atomic E-state index is 0.0927. The van der Waals surface area contributed by atoms with Gasteiger partial charge in [0.1, 0.15) is 0 Å². The smallest absolute Gasteiger partial charge is 0.0171 e. The van der Waals surface area contributed by atoms with Crippen molar-refractivity contribution in [3.05, 3.63) is 48.6 Å². The van der Waals surface area contributed by atoms with Crippen LogP contribution >= 0.6 is 0 Å². The molecule has 0 saturated heterocycles. The average molecular weight is 217 g/mol. The van der Waals surface area contributed by atoms with Crippen molar-refractivity contribution in [3.63, 3.8) is 0 Å². The second-order valence-corrected chi connectivity index (χ2v) is 4.36. The molecule has 0 fully saturated rings. The average Bonchev–Trinajstić information content (AvgIpc) is 2.33. The third-order valence-corrected chi connectivity index (χ3v) is 3.74. The van der Waals surface area contributed by atoms with Crippen molar-refractivity contribution in [2.24, 2.45) is 5.73 Å². The van der Waals surface area contributed by atoms with E-state index in [4.69, 9.17) is 5.73 Å². The van der Waals surface area contributed by atoms with Crippen LogP contribution in [0, 0.1) is 0 Å². The Morgan fingerprint density at radius 2 is 1.81 bits per heavy atom. The Bertz CT molecular complexity index is 311. The number of benzene rings is 1. The second-order valence-electron chi connectivity index (χ2n) is 4.36. The summed E-state index contributed by atoms with van der Waals surface area (Å²) in [4.78, 5) is 0. The molecule has 0 spiro atoms. The van der Waals surface area contributed by atoms with Gasteiger partial charge in [-0.05, 0) is 24.8 Å². The summed E-state index contributed by atoms with van der Waals surface area (Å²) in [5.41, 5.74) is 7.79. The lowest BCUT2D eigenvalue weighted by Crippen LogP contribution is -2.44. The molecule has 1 rings (SSSR count). The number of rotatable bonds is 6. The standard InChI is InChI=1S/C15H23N/c1-4-10-14(16)15(5-2,6-3)13-11-8-7-9-12-13/h4,7-9,11-12,14H,1,5-6,10,16H2,2-3H3. The maximum absolute atomic E-state index is 6.35. The van der Waals surface area contributed by atoms with E-state index in [1.54, 1.807) is 0 Å². The van der Waals surface area contributed by atoms with Gasteiger partial charge in [-0.3, -0.25) is 0 Å². The highest BCUT2D eigenvalue weighted by atomic mass is 14.7. The van der Waals surface area contributed by atoms with E-state index in [1.165, 1.54) is 5.56 Å². The van der Waals surface area contributed by atoms with Gasteiger partial charge in [0.25, 0.3) is 0 Å². The topological polar surface area (TPSA) is 26.0 Å². The van der Waals surface area contributed by atoms with Gasteiger partial charge in [0.05, 0.1) is 0 Å². The molecule has 0 radical (unpaired) electrons. The summed E-state index contributed by atoms with van der Waals surface area (Å²) in [5.74, 6) is 0. The Hall–Kier alpha value is -1.08. The zero-order valence-electron chi connectivity index (χ0n) is 10.4. The highest BCUT2D eigenvalue weighted by molar-refractivity contribution is 5.27. The van der Waals surface area contributed by atoms with Gasteiger partial charge in [0.15, 0.2) is 0 Å². The first kappa shape index (κ1) is 13.0. The molecule has 0 aliphatic carbocycles. The fourth-order valence-corrected chi connectivity index (χ4v) is 2.57. The lowest BCUT2D eigenvalue weighted by atomic mass is 9.69. The van der Waals surface area contributed by atoms with Crippen LogP contribution in [0.15, 0.2) is 43.0 Å². The van der Waals surface area contributed by atoms with Crippen molar-refractivity contribution >= 4 is 0 Å². The molecule has 16 heavy (non-hydrogen) atoms. The number of nitrogens with two attached hydrogens (primary N) is 1. The summed E-state index contributed by atoms with van der Waals surface area (Å²) in [6.45, 7) is 8.24. The summed E-state index contributed by atoms with van der Waals surface area (Å²) in [6, 6.07) is 10.8. The molecule has 1 atom stereocenters. The zero-order chi connectivity index (χ0) is 12.0. The zero-order valence-corrected chi connectivity index (χ0v) is 10.4. The molecular weight excluding hydrogens is 194 g/mol. The van der Waals surface area contributed by atoms with Crippen LogP contribution in [0.4, 0.5) is 0 Å². The van der Waals surface area contributed by atoms with E-state index in [-0.39, 0.29) is 11.5 Å². The molecule has 1 aromatic rings. The third kappa shape index (κ3) is 2.35. The Morgan fingerprint density at radius 1 is 1.25 bits per heavy atom. The van der Waals surface area contributed by atoms with Gasteiger partial charge in [-0.1, -0.05) is 50.3 Å². The van der Waals surface area contributed by atoms with E-state index < -0.39 is 0 Å². The summed E-state index contributed by atoms with van der Waals surface area (Å²) in [5, 5.41) is 0. The first-order valence-corrected chi connectivity index (χ1v) is 6.13. The lowest BCUT2D eigenvalue weighted by molar-refractivity contribution is 0.318. The largest absolute Gasteiger partial charge is 0.327 e. The van der Waals surface area contributed by atoms with E-state index >= 15 is 0 Å². The maximum Gasteiger partial charge on any atom is 0.0171 e. The summed E-state index contributed by atoms with van der Waals surface area (Å²) in [7, 11) is 0. The van der Waals surface area contributed by atoms with Gasteiger partial charge >= 0.3 is 0 Å². The molecule has 0 aliphatic heterocycles. The van der Waals surface area contributed by atoms with Crippen molar-refractivity contribution in [1.29, 1.82) is 0 Å². The number of hydrogen-bond acceptors (Lipinski definition) is 1. The molecule has 0 heterocycles. The summed E-state index contributed by atoms with van der Waals surface area (Å²) < 4.78 is 0. The molecule has 88 valence electrons. The van der Waals surface area contributed by atoms with Crippen LogP contribution in [-0.2, 0) is 5.41 Å². The Morgan fingerprint density at radius 3 is 2.25 bits per heavy atom. The maximum atomic E-state index is 6.35. The van der Waals surface area contributed by atoms with Crippen LogP contribution < -0.4 is 5.73 Å². The van der Waals surface area contributed by atoms with E-state index in [2.05, 4.69) is 50.8 Å². The molecule has 2 N–H and O–H groups in total. The Balaban J connectivity index is 3.09. The molecule has 0 aliphatic rings. The molecule has 1 nitrogen and oxygen atoms in total. The van der Waals surface area contributed by atoms with Crippen LogP contribution in [0.5, 0.6) is 0 Å². The normalized spacial score (nSPS) is 13.4. The minimum atomic E-state index is 0.0927. The van der Waals surface area contributed by atoms with Crippen LogP contribution in [0.1, 0.15) is 38.7 Å². The van der Waals surface area contributed by atoms with Gasteiger partial charge in [0.2, 0.25) is 0 Å². The van der Waals surface area contributed by atoms with Gasteiger partial charge < -0.3 is 5.73 Å². The molecule has 0 aromatic heterocycles. The van der Waals surface area contributed by atoms with E-state index in [0.29, 0.717) is 0 Å². The van der Waals surface area contributed by atoms with Gasteiger partial charge in [-0.25, -0.2) is 0 Å². The highest BCUT2D eigenvalue weighted by Crippen LogP contribution is 2.35.